The molecule has 4 rings (SSSR count). The maximum absolute atomic E-state index is 12.9. The molecule has 3 aromatic rings. The van der Waals surface area contributed by atoms with Crippen molar-refractivity contribution in [2.45, 2.75) is 71.1 Å². The van der Waals surface area contributed by atoms with Crippen LogP contribution < -0.4 is 14.2 Å². The quantitative estimate of drug-likeness (QED) is 0.0523. The maximum atomic E-state index is 12.9. The monoisotopic (exact) mass is 672 g/mol. The van der Waals surface area contributed by atoms with Gasteiger partial charge in [0.25, 0.3) is 0 Å². The second-order valence-electron chi connectivity index (χ2n) is 12.3. The van der Waals surface area contributed by atoms with Gasteiger partial charge < -0.3 is 28.8 Å². The summed E-state index contributed by atoms with van der Waals surface area (Å²) in [6.07, 6.45) is 8.38. The van der Waals surface area contributed by atoms with Crippen LogP contribution in [0.15, 0.2) is 73.3 Å². The van der Waals surface area contributed by atoms with Crippen molar-refractivity contribution in [2.24, 2.45) is 5.92 Å². The second kappa shape index (κ2) is 19.4. The molecule has 1 N–H and O–H groups in total. The first-order valence-electron chi connectivity index (χ1n) is 17.2. The second-order valence-corrected chi connectivity index (χ2v) is 12.3. The highest BCUT2D eigenvalue weighted by Crippen LogP contribution is 2.47. The van der Waals surface area contributed by atoms with Gasteiger partial charge in [-0.1, -0.05) is 25.6 Å². The molecular formula is C40H48O9. The summed E-state index contributed by atoms with van der Waals surface area (Å²) in [7, 11) is 0. The number of carbonyl (C=O) groups excluding carboxylic acids is 3. The van der Waals surface area contributed by atoms with Gasteiger partial charge in [-0.2, -0.15) is 0 Å². The third-order valence-corrected chi connectivity index (χ3v) is 8.52. The smallest absolute Gasteiger partial charge is 0.343 e. The zero-order chi connectivity index (χ0) is 35.0. The highest BCUT2D eigenvalue weighted by Gasteiger charge is 2.27. The summed E-state index contributed by atoms with van der Waals surface area (Å²) in [5.74, 6) is 0.474. The van der Waals surface area contributed by atoms with E-state index >= 15 is 0 Å². The number of carbonyl (C=O) groups is 3. The van der Waals surface area contributed by atoms with Crippen molar-refractivity contribution in [2.75, 3.05) is 33.0 Å². The molecule has 9 heteroatoms. The van der Waals surface area contributed by atoms with Crippen LogP contribution in [0, 0.1) is 5.92 Å². The van der Waals surface area contributed by atoms with E-state index in [9.17, 15) is 14.4 Å². The molecule has 0 saturated carbocycles. The van der Waals surface area contributed by atoms with E-state index in [0.717, 1.165) is 73.8 Å². The number of rotatable bonds is 21. The normalized spacial score (nSPS) is 13.5. The number of ether oxygens (including phenoxy) is 5. The minimum Gasteiger partial charge on any atom is -0.494 e. The molecule has 0 aromatic heterocycles. The van der Waals surface area contributed by atoms with Gasteiger partial charge in [0.1, 0.15) is 17.2 Å². The van der Waals surface area contributed by atoms with Crippen LogP contribution >= 0.6 is 0 Å². The highest BCUT2D eigenvalue weighted by atomic mass is 16.5. The Labute approximate surface area is 289 Å². The molecule has 0 radical (unpaired) electrons. The lowest BCUT2D eigenvalue weighted by atomic mass is 9.99. The van der Waals surface area contributed by atoms with Crippen LogP contribution in [0.25, 0.3) is 11.1 Å². The molecule has 2 unspecified atom stereocenters. The van der Waals surface area contributed by atoms with Crippen molar-refractivity contribution < 1.29 is 43.2 Å². The van der Waals surface area contributed by atoms with Gasteiger partial charge in [0.05, 0.1) is 44.5 Å². The minimum atomic E-state index is -0.484. The van der Waals surface area contributed by atoms with Gasteiger partial charge in [0.15, 0.2) is 0 Å². The van der Waals surface area contributed by atoms with Gasteiger partial charge in [-0.15, -0.1) is 0 Å². The van der Waals surface area contributed by atoms with Gasteiger partial charge in [-0.05, 0) is 129 Å². The topological polar surface area (TPSA) is 118 Å². The minimum absolute atomic E-state index is 0.125. The fourth-order valence-corrected chi connectivity index (χ4v) is 5.58. The molecule has 2 atom stereocenters. The van der Waals surface area contributed by atoms with E-state index in [-0.39, 0.29) is 24.5 Å². The van der Waals surface area contributed by atoms with Crippen LogP contribution in [0.5, 0.6) is 17.2 Å². The summed E-state index contributed by atoms with van der Waals surface area (Å²) in [4.78, 5) is 35.6. The first kappa shape index (κ1) is 37.2. The Balaban J connectivity index is 1.17. The molecule has 1 aliphatic carbocycles. The molecule has 0 aliphatic heterocycles. The molecule has 0 heterocycles. The molecule has 0 bridgehead atoms. The van der Waals surface area contributed by atoms with Crippen molar-refractivity contribution in [3.63, 3.8) is 0 Å². The number of hydrogen-bond donors (Lipinski definition) is 1. The Morgan fingerprint density at radius 1 is 0.714 bits per heavy atom. The number of fused-ring (bicyclic) bond motifs is 3. The Kier molecular flexibility index (Phi) is 14.7. The van der Waals surface area contributed by atoms with Crippen LogP contribution in [-0.2, 0) is 19.1 Å². The number of esters is 3. The molecule has 0 spiro atoms. The van der Waals surface area contributed by atoms with E-state index in [0.29, 0.717) is 43.5 Å². The van der Waals surface area contributed by atoms with Crippen LogP contribution in [-0.4, -0.2) is 56.0 Å². The zero-order valence-corrected chi connectivity index (χ0v) is 28.6. The number of hydrogen-bond acceptors (Lipinski definition) is 9. The van der Waals surface area contributed by atoms with E-state index in [1.165, 1.54) is 11.6 Å². The van der Waals surface area contributed by atoms with Crippen molar-refractivity contribution in [1.29, 1.82) is 0 Å². The van der Waals surface area contributed by atoms with Gasteiger partial charge in [0, 0.05) is 12.0 Å². The molecule has 3 aromatic carbocycles. The first-order valence-corrected chi connectivity index (χ1v) is 17.2. The van der Waals surface area contributed by atoms with Gasteiger partial charge in [0.2, 0.25) is 0 Å². The average Bonchev–Trinajstić information content (AvgIpc) is 3.39. The standard InChI is InChI=1S/C40H48O9/c1-4-38(42)47-23-11-7-5-10-22-46-32-17-19-34-35-20-18-33(26-37(35)29(3)36(34)25-32)49-40(44)30-13-15-31(16-14-30)45-21-9-6-8-12-24-48-39(43)28(2)27-41/h4,13-20,25-26,28-29,41H,1,5-12,21-24,27H2,2-3H3. The summed E-state index contributed by atoms with van der Waals surface area (Å²) in [5, 5.41) is 8.97. The molecule has 262 valence electrons. The third kappa shape index (κ3) is 11.2. The summed E-state index contributed by atoms with van der Waals surface area (Å²) < 4.78 is 27.7. The highest BCUT2D eigenvalue weighted by molar-refractivity contribution is 5.91. The lowest BCUT2D eigenvalue weighted by Gasteiger charge is -2.11. The Bertz CT molecular complexity index is 1550. The summed E-state index contributed by atoms with van der Waals surface area (Å²) >= 11 is 0. The fourth-order valence-electron chi connectivity index (χ4n) is 5.58. The van der Waals surface area contributed by atoms with E-state index in [1.807, 2.05) is 24.3 Å². The van der Waals surface area contributed by atoms with Crippen molar-refractivity contribution in [3.05, 3.63) is 90.0 Å². The van der Waals surface area contributed by atoms with Gasteiger partial charge in [-0.3, -0.25) is 4.79 Å². The zero-order valence-electron chi connectivity index (χ0n) is 28.6. The number of unbranched alkanes of at least 4 members (excludes halogenated alkanes) is 6. The lowest BCUT2D eigenvalue weighted by molar-refractivity contribution is -0.149. The van der Waals surface area contributed by atoms with E-state index < -0.39 is 11.9 Å². The van der Waals surface area contributed by atoms with Crippen molar-refractivity contribution >= 4 is 17.9 Å². The lowest BCUT2D eigenvalue weighted by Crippen LogP contribution is -2.18. The number of aliphatic hydroxyl groups excluding tert-OH is 1. The first-order chi connectivity index (χ1) is 23.8. The molecule has 0 saturated heterocycles. The Morgan fingerprint density at radius 3 is 1.82 bits per heavy atom. The SMILES string of the molecule is C=CC(=O)OCCCCCCOc1ccc2c(c1)C(C)c1cc(OC(=O)c3ccc(OCCCCCCOC(=O)C(C)CO)cc3)ccc1-2. The number of benzene rings is 3. The van der Waals surface area contributed by atoms with E-state index in [2.05, 4.69) is 25.6 Å². The van der Waals surface area contributed by atoms with Gasteiger partial charge >= 0.3 is 17.9 Å². The number of aliphatic hydroxyl groups is 1. The fraction of sp³-hybridized carbons (Fsp3) is 0.425. The molecular weight excluding hydrogens is 624 g/mol. The third-order valence-electron chi connectivity index (χ3n) is 8.52. The summed E-state index contributed by atoms with van der Waals surface area (Å²) in [6, 6.07) is 18.9. The van der Waals surface area contributed by atoms with Crippen LogP contribution in [0.2, 0.25) is 0 Å². The van der Waals surface area contributed by atoms with Crippen molar-refractivity contribution in [3.8, 4) is 28.4 Å². The molecule has 0 amide bonds. The largest absolute Gasteiger partial charge is 0.494 e. The molecule has 9 nitrogen and oxygen atoms in total. The van der Waals surface area contributed by atoms with Crippen LogP contribution in [0.4, 0.5) is 0 Å². The van der Waals surface area contributed by atoms with Crippen molar-refractivity contribution in [1.82, 2.24) is 0 Å². The molecule has 0 fully saturated rings. The van der Waals surface area contributed by atoms with Gasteiger partial charge in [-0.25, -0.2) is 9.59 Å². The summed E-state index contributed by atoms with van der Waals surface area (Å²) in [5.41, 5.74) is 5.02. The molecule has 1 aliphatic rings. The van der Waals surface area contributed by atoms with Crippen LogP contribution in [0.1, 0.15) is 92.6 Å². The Hall–Kier alpha value is -4.63. The molecule has 49 heavy (non-hydrogen) atoms. The average molecular weight is 673 g/mol. The van der Waals surface area contributed by atoms with E-state index in [4.69, 9.17) is 28.8 Å². The predicted octanol–water partition coefficient (Wildman–Crippen LogP) is 7.82. The predicted molar refractivity (Wildman–Crippen MR) is 187 cm³/mol. The van der Waals surface area contributed by atoms with Crippen LogP contribution in [0.3, 0.4) is 0 Å². The summed E-state index contributed by atoms with van der Waals surface area (Å²) in [6.45, 7) is 8.92. The Morgan fingerprint density at radius 2 is 1.22 bits per heavy atom. The van der Waals surface area contributed by atoms with E-state index in [1.54, 1.807) is 31.2 Å². The maximum Gasteiger partial charge on any atom is 0.343 e.